The fourth-order valence-electron chi connectivity index (χ4n) is 4.71. The lowest BCUT2D eigenvalue weighted by Gasteiger charge is -2.34. The Hall–Kier alpha value is -2.22. The lowest BCUT2D eigenvalue weighted by molar-refractivity contribution is -0.133. The van der Waals surface area contributed by atoms with Crippen molar-refractivity contribution in [2.75, 3.05) is 26.2 Å². The molecule has 3 aromatic rings. The van der Waals surface area contributed by atoms with Gasteiger partial charge in [-0.1, -0.05) is 23.7 Å². The van der Waals surface area contributed by atoms with Gasteiger partial charge in [-0.05, 0) is 55.4 Å². The standard InChI is InChI=1S/C24H27ClN4O2S/c25-17-8-5-16(6-9-17)7-10-21(30)29-13-11-28(12-14-29)15-20-26-23(31)22-18-3-1-2-4-19(18)32-24(22)27-20/h5-6,8-9H,1-4,7,10-15H2,(H,26,27,31). The van der Waals surface area contributed by atoms with E-state index in [0.717, 1.165) is 60.4 Å². The van der Waals surface area contributed by atoms with E-state index in [0.29, 0.717) is 31.1 Å². The number of thiophene rings is 1. The van der Waals surface area contributed by atoms with E-state index >= 15 is 0 Å². The molecule has 0 bridgehead atoms. The van der Waals surface area contributed by atoms with E-state index in [-0.39, 0.29) is 11.5 Å². The van der Waals surface area contributed by atoms with Crippen LogP contribution in [0.25, 0.3) is 10.2 Å². The molecule has 1 amide bonds. The normalized spacial score (nSPS) is 17.0. The van der Waals surface area contributed by atoms with E-state index in [1.54, 1.807) is 11.3 Å². The number of fused-ring (bicyclic) bond motifs is 3. The van der Waals surface area contributed by atoms with Gasteiger partial charge in [0.15, 0.2) is 0 Å². The molecular formula is C24H27ClN4O2S. The Labute approximate surface area is 196 Å². The predicted molar refractivity (Wildman–Crippen MR) is 129 cm³/mol. The highest BCUT2D eigenvalue weighted by molar-refractivity contribution is 7.18. The first-order valence-corrected chi connectivity index (χ1v) is 12.5. The van der Waals surface area contributed by atoms with Crippen molar-refractivity contribution in [3.8, 4) is 0 Å². The van der Waals surface area contributed by atoms with Crippen LogP contribution in [0.15, 0.2) is 29.1 Å². The molecule has 3 heterocycles. The average Bonchev–Trinajstić information content (AvgIpc) is 3.18. The number of hydrogen-bond donors (Lipinski definition) is 1. The SMILES string of the molecule is O=C(CCc1ccc(Cl)cc1)N1CCN(Cc2nc3sc4c(c3c(=O)[nH]2)CCCC4)CC1. The van der Waals surface area contributed by atoms with Crippen molar-refractivity contribution in [2.45, 2.75) is 45.1 Å². The first-order valence-electron chi connectivity index (χ1n) is 11.3. The minimum absolute atomic E-state index is 0.000383. The van der Waals surface area contributed by atoms with Gasteiger partial charge in [0, 0.05) is 42.5 Å². The molecule has 1 aliphatic heterocycles. The fourth-order valence-corrected chi connectivity index (χ4v) is 6.12. The number of amides is 1. The molecule has 0 spiro atoms. The molecule has 2 aromatic heterocycles. The molecule has 0 radical (unpaired) electrons. The average molecular weight is 471 g/mol. The summed E-state index contributed by atoms with van der Waals surface area (Å²) in [5.74, 6) is 0.917. The number of rotatable bonds is 5. The summed E-state index contributed by atoms with van der Waals surface area (Å²) in [5.41, 5.74) is 2.35. The number of carbonyl (C=O) groups excluding carboxylic acids is 1. The van der Waals surface area contributed by atoms with Crippen LogP contribution in [0.4, 0.5) is 0 Å². The van der Waals surface area contributed by atoms with Gasteiger partial charge in [-0.15, -0.1) is 11.3 Å². The summed E-state index contributed by atoms with van der Waals surface area (Å²) >= 11 is 7.61. The second-order valence-corrected chi connectivity index (χ2v) is 10.2. The van der Waals surface area contributed by atoms with Gasteiger partial charge < -0.3 is 9.88 Å². The summed E-state index contributed by atoms with van der Waals surface area (Å²) in [4.78, 5) is 39.6. The summed E-state index contributed by atoms with van der Waals surface area (Å²) in [6.07, 6.45) is 5.66. The largest absolute Gasteiger partial charge is 0.340 e. The minimum atomic E-state index is 0.000383. The third-order valence-corrected chi connectivity index (χ3v) is 7.95. The lowest BCUT2D eigenvalue weighted by Crippen LogP contribution is -2.48. The number of carbonyl (C=O) groups is 1. The molecule has 1 saturated heterocycles. The van der Waals surface area contributed by atoms with Gasteiger partial charge in [0.1, 0.15) is 10.7 Å². The highest BCUT2D eigenvalue weighted by Gasteiger charge is 2.23. The van der Waals surface area contributed by atoms with Gasteiger partial charge in [-0.3, -0.25) is 14.5 Å². The molecule has 1 fully saturated rings. The zero-order valence-corrected chi connectivity index (χ0v) is 19.6. The highest BCUT2D eigenvalue weighted by Crippen LogP contribution is 2.33. The van der Waals surface area contributed by atoms with Gasteiger partial charge in [-0.2, -0.15) is 0 Å². The number of benzene rings is 1. The van der Waals surface area contributed by atoms with Crippen LogP contribution in [-0.2, 0) is 30.6 Å². The van der Waals surface area contributed by atoms with Crippen LogP contribution in [0.1, 0.15) is 41.1 Å². The maximum absolute atomic E-state index is 12.8. The number of nitrogens with zero attached hydrogens (tertiary/aromatic N) is 3. The molecule has 0 saturated carbocycles. The Kier molecular flexibility index (Phi) is 6.31. The zero-order valence-electron chi connectivity index (χ0n) is 18.0. The molecule has 32 heavy (non-hydrogen) atoms. The van der Waals surface area contributed by atoms with Crippen molar-refractivity contribution in [3.63, 3.8) is 0 Å². The van der Waals surface area contributed by atoms with E-state index in [9.17, 15) is 9.59 Å². The number of nitrogens with one attached hydrogen (secondary N) is 1. The number of halogens is 1. The predicted octanol–water partition coefficient (Wildman–Crippen LogP) is 3.79. The molecule has 0 atom stereocenters. The highest BCUT2D eigenvalue weighted by atomic mass is 35.5. The van der Waals surface area contributed by atoms with E-state index in [2.05, 4.69) is 9.88 Å². The van der Waals surface area contributed by atoms with Crippen molar-refractivity contribution in [3.05, 3.63) is 61.5 Å². The van der Waals surface area contributed by atoms with Crippen LogP contribution in [0.2, 0.25) is 5.02 Å². The number of aromatic nitrogens is 2. The maximum atomic E-state index is 12.8. The van der Waals surface area contributed by atoms with Crippen LogP contribution in [0.5, 0.6) is 0 Å². The molecule has 1 N–H and O–H groups in total. The Balaban J connectivity index is 1.17. The van der Waals surface area contributed by atoms with Gasteiger partial charge in [0.05, 0.1) is 11.9 Å². The summed E-state index contributed by atoms with van der Waals surface area (Å²) in [6.45, 7) is 3.60. The second-order valence-electron chi connectivity index (χ2n) is 8.69. The van der Waals surface area contributed by atoms with Gasteiger partial charge in [0.25, 0.3) is 5.56 Å². The van der Waals surface area contributed by atoms with Crippen molar-refractivity contribution in [1.29, 1.82) is 0 Å². The number of aryl methyl sites for hydroxylation is 3. The fraction of sp³-hybridized carbons (Fsp3) is 0.458. The van der Waals surface area contributed by atoms with Gasteiger partial charge >= 0.3 is 0 Å². The summed E-state index contributed by atoms with van der Waals surface area (Å²) in [5, 5.41) is 1.52. The van der Waals surface area contributed by atoms with Crippen molar-refractivity contribution in [2.24, 2.45) is 0 Å². The Morgan fingerprint density at radius 1 is 1.09 bits per heavy atom. The monoisotopic (exact) mass is 470 g/mol. The van der Waals surface area contributed by atoms with Gasteiger partial charge in [-0.25, -0.2) is 4.98 Å². The molecule has 5 rings (SSSR count). The lowest BCUT2D eigenvalue weighted by atomic mass is 9.97. The van der Waals surface area contributed by atoms with Crippen molar-refractivity contribution in [1.82, 2.24) is 19.8 Å². The molecular weight excluding hydrogens is 444 g/mol. The molecule has 1 aromatic carbocycles. The third-order valence-electron chi connectivity index (χ3n) is 6.51. The van der Waals surface area contributed by atoms with Gasteiger partial charge in [0.2, 0.25) is 5.91 Å². The van der Waals surface area contributed by atoms with E-state index < -0.39 is 0 Å². The summed E-state index contributed by atoms with van der Waals surface area (Å²) in [6, 6.07) is 7.67. The van der Waals surface area contributed by atoms with E-state index in [4.69, 9.17) is 16.6 Å². The Bertz CT molecular complexity index is 1180. The molecule has 6 nitrogen and oxygen atoms in total. The first kappa shape index (κ1) is 21.6. The van der Waals surface area contributed by atoms with Crippen LogP contribution < -0.4 is 5.56 Å². The number of aromatic amines is 1. The number of H-pyrrole nitrogens is 1. The van der Waals surface area contributed by atoms with Crippen molar-refractivity contribution >= 4 is 39.1 Å². The van der Waals surface area contributed by atoms with Crippen LogP contribution in [0, 0.1) is 0 Å². The number of hydrogen-bond acceptors (Lipinski definition) is 5. The zero-order chi connectivity index (χ0) is 22.1. The molecule has 8 heteroatoms. The van der Waals surface area contributed by atoms with Crippen LogP contribution >= 0.6 is 22.9 Å². The quantitative estimate of drug-likeness (QED) is 0.616. The van der Waals surface area contributed by atoms with E-state index in [1.165, 1.54) is 16.9 Å². The van der Waals surface area contributed by atoms with Crippen molar-refractivity contribution < 1.29 is 4.79 Å². The van der Waals surface area contributed by atoms with Crippen LogP contribution in [0.3, 0.4) is 0 Å². The topological polar surface area (TPSA) is 69.3 Å². The number of piperazine rings is 1. The summed E-state index contributed by atoms with van der Waals surface area (Å²) in [7, 11) is 0. The summed E-state index contributed by atoms with van der Waals surface area (Å²) < 4.78 is 0. The van der Waals surface area contributed by atoms with E-state index in [1.807, 2.05) is 29.2 Å². The molecule has 1 aliphatic carbocycles. The molecule has 0 unspecified atom stereocenters. The Morgan fingerprint density at radius 2 is 1.84 bits per heavy atom. The second kappa shape index (κ2) is 9.33. The maximum Gasteiger partial charge on any atom is 0.259 e. The molecule has 168 valence electrons. The Morgan fingerprint density at radius 3 is 2.62 bits per heavy atom. The molecule has 2 aliphatic rings. The smallest absolute Gasteiger partial charge is 0.259 e. The third kappa shape index (κ3) is 4.60. The van der Waals surface area contributed by atoms with Crippen LogP contribution in [-0.4, -0.2) is 51.9 Å². The first-order chi connectivity index (χ1) is 15.6. The minimum Gasteiger partial charge on any atom is -0.340 e.